The number of rotatable bonds is 2. The molecule has 0 aromatic carbocycles. The molecule has 0 bridgehead atoms. The van der Waals surface area contributed by atoms with Gasteiger partial charge in [0.25, 0.3) is 15.2 Å². The summed E-state index contributed by atoms with van der Waals surface area (Å²) in [7, 11) is -2.76. The molecule has 20 heavy (non-hydrogen) atoms. The maximum absolute atomic E-state index is 12.4. The van der Waals surface area contributed by atoms with E-state index in [0.29, 0.717) is 6.20 Å². The molecule has 0 fully saturated rings. The highest BCUT2D eigenvalue weighted by molar-refractivity contribution is 7.89. The second-order valence-corrected chi connectivity index (χ2v) is 5.30. The summed E-state index contributed by atoms with van der Waals surface area (Å²) in [4.78, 5) is 3.59. The number of pyridine rings is 1. The zero-order valence-corrected chi connectivity index (χ0v) is 10.8. The molecule has 11 heteroatoms. The molecule has 7 nitrogen and oxygen atoms in total. The van der Waals surface area contributed by atoms with Crippen LogP contribution in [0.4, 0.5) is 13.2 Å². The van der Waals surface area contributed by atoms with Gasteiger partial charge in [-0.05, 0) is 12.1 Å². The lowest BCUT2D eigenvalue weighted by Gasteiger charge is -2.06. The fourth-order valence-corrected chi connectivity index (χ4v) is 2.10. The SMILES string of the molecule is Cn1c(-c2ccc(C(F)(F)F)cn2)nnc1S(N)(=O)=O. The number of hydrogen-bond acceptors (Lipinski definition) is 5. The topological polar surface area (TPSA) is 104 Å². The number of primary sulfonamides is 1. The van der Waals surface area contributed by atoms with Crippen LogP contribution in [0.1, 0.15) is 5.56 Å². The third kappa shape index (κ3) is 2.63. The Bertz CT molecular complexity index is 736. The van der Waals surface area contributed by atoms with Gasteiger partial charge < -0.3 is 0 Å². The zero-order chi connectivity index (χ0) is 15.1. The average molecular weight is 307 g/mol. The van der Waals surface area contributed by atoms with Gasteiger partial charge in [-0.2, -0.15) is 13.2 Å². The van der Waals surface area contributed by atoms with Crippen LogP contribution in [0.5, 0.6) is 0 Å². The number of sulfonamides is 1. The number of nitrogens with two attached hydrogens (primary N) is 1. The molecule has 2 rings (SSSR count). The summed E-state index contributed by atoms with van der Waals surface area (Å²) in [5, 5.41) is 11.3. The van der Waals surface area contributed by atoms with E-state index in [9.17, 15) is 21.6 Å². The number of halogens is 3. The van der Waals surface area contributed by atoms with Crippen molar-refractivity contribution < 1.29 is 21.6 Å². The minimum atomic E-state index is -4.50. The van der Waals surface area contributed by atoms with Gasteiger partial charge in [-0.1, -0.05) is 0 Å². The predicted molar refractivity (Wildman–Crippen MR) is 60.6 cm³/mol. The standard InChI is InChI=1S/C9H8F3N5O2S/c1-17-7(15-16-8(17)20(13,18)19)6-3-2-5(4-14-6)9(10,11)12/h2-4H,1H3,(H2,13,18,19). The maximum atomic E-state index is 12.4. The van der Waals surface area contributed by atoms with E-state index in [1.165, 1.54) is 7.05 Å². The molecular formula is C9H8F3N5O2S. The number of aromatic nitrogens is 4. The molecule has 2 heterocycles. The van der Waals surface area contributed by atoms with Crippen molar-refractivity contribution in [2.24, 2.45) is 12.2 Å². The second kappa shape index (κ2) is 4.52. The van der Waals surface area contributed by atoms with Crippen LogP contribution in [0.2, 0.25) is 0 Å². The van der Waals surface area contributed by atoms with Crippen LogP contribution in [-0.4, -0.2) is 28.2 Å². The van der Waals surface area contributed by atoms with E-state index >= 15 is 0 Å². The second-order valence-electron chi connectivity index (χ2n) is 3.84. The highest BCUT2D eigenvalue weighted by atomic mass is 32.2. The van der Waals surface area contributed by atoms with Crippen molar-refractivity contribution >= 4 is 10.0 Å². The molecule has 0 saturated carbocycles. The molecular weight excluding hydrogens is 299 g/mol. The average Bonchev–Trinajstić information content (AvgIpc) is 2.70. The molecule has 2 N–H and O–H groups in total. The molecule has 0 aliphatic carbocycles. The summed E-state index contributed by atoms with van der Waals surface area (Å²) in [5.74, 6) is -0.0113. The van der Waals surface area contributed by atoms with Crippen molar-refractivity contribution in [2.75, 3.05) is 0 Å². The molecule has 0 amide bonds. The summed E-state index contributed by atoms with van der Waals surface area (Å²) in [6, 6.07) is 1.88. The van der Waals surface area contributed by atoms with Crippen LogP contribution in [0.3, 0.4) is 0 Å². The van der Waals surface area contributed by atoms with E-state index in [-0.39, 0.29) is 11.5 Å². The fourth-order valence-electron chi connectivity index (χ4n) is 1.48. The Balaban J connectivity index is 2.46. The van der Waals surface area contributed by atoms with Crippen LogP contribution < -0.4 is 5.14 Å². The monoisotopic (exact) mass is 307 g/mol. The Morgan fingerprint density at radius 1 is 1.25 bits per heavy atom. The van der Waals surface area contributed by atoms with Gasteiger partial charge in [0.2, 0.25) is 0 Å². The van der Waals surface area contributed by atoms with E-state index < -0.39 is 26.9 Å². The number of nitrogens with zero attached hydrogens (tertiary/aromatic N) is 4. The van der Waals surface area contributed by atoms with Crippen LogP contribution in [0.25, 0.3) is 11.5 Å². The van der Waals surface area contributed by atoms with E-state index in [1.54, 1.807) is 0 Å². The third-order valence-corrected chi connectivity index (χ3v) is 3.27. The van der Waals surface area contributed by atoms with Crippen LogP contribution in [-0.2, 0) is 23.2 Å². The molecule has 2 aromatic rings. The maximum Gasteiger partial charge on any atom is 0.417 e. The molecule has 0 spiro atoms. The van der Waals surface area contributed by atoms with Gasteiger partial charge in [-0.15, -0.1) is 10.2 Å². The molecule has 0 aliphatic rings. The van der Waals surface area contributed by atoms with Gasteiger partial charge in [0.15, 0.2) is 5.82 Å². The van der Waals surface area contributed by atoms with Gasteiger partial charge in [0.1, 0.15) is 5.69 Å². The highest BCUT2D eigenvalue weighted by Crippen LogP contribution is 2.29. The molecule has 0 aliphatic heterocycles. The minimum absolute atomic E-state index is 0.0113. The summed E-state index contributed by atoms with van der Waals surface area (Å²) in [5.41, 5.74) is -0.877. The van der Waals surface area contributed by atoms with Gasteiger partial charge in [-0.25, -0.2) is 13.6 Å². The molecule has 0 saturated heterocycles. The first kappa shape index (κ1) is 14.4. The number of hydrogen-bond donors (Lipinski definition) is 1. The quantitative estimate of drug-likeness (QED) is 0.872. The van der Waals surface area contributed by atoms with Gasteiger partial charge in [0, 0.05) is 13.2 Å². The van der Waals surface area contributed by atoms with Crippen LogP contribution in [0.15, 0.2) is 23.5 Å². The molecule has 0 unspecified atom stereocenters. The lowest BCUT2D eigenvalue weighted by molar-refractivity contribution is -0.137. The first-order valence-electron chi connectivity index (χ1n) is 5.06. The summed E-state index contributed by atoms with van der Waals surface area (Å²) in [6.07, 6.45) is -3.88. The summed E-state index contributed by atoms with van der Waals surface area (Å²) in [6.45, 7) is 0. The Morgan fingerprint density at radius 2 is 1.90 bits per heavy atom. The predicted octanol–water partition coefficient (Wildman–Crippen LogP) is 0.543. The molecule has 0 atom stereocenters. The van der Waals surface area contributed by atoms with Crippen molar-refractivity contribution in [1.29, 1.82) is 0 Å². The largest absolute Gasteiger partial charge is 0.417 e. The van der Waals surface area contributed by atoms with Crippen LogP contribution in [0, 0.1) is 0 Å². The van der Waals surface area contributed by atoms with Crippen molar-refractivity contribution in [3.63, 3.8) is 0 Å². The van der Waals surface area contributed by atoms with E-state index in [0.717, 1.165) is 16.7 Å². The molecule has 2 aromatic heterocycles. The minimum Gasteiger partial charge on any atom is -0.299 e. The Hall–Kier alpha value is -2.01. The summed E-state index contributed by atoms with van der Waals surface area (Å²) < 4.78 is 60.5. The lowest BCUT2D eigenvalue weighted by Crippen LogP contribution is -2.17. The molecule has 0 radical (unpaired) electrons. The smallest absolute Gasteiger partial charge is 0.299 e. The lowest BCUT2D eigenvalue weighted by atomic mass is 10.2. The van der Waals surface area contributed by atoms with Crippen molar-refractivity contribution in [3.8, 4) is 11.5 Å². The summed E-state index contributed by atoms with van der Waals surface area (Å²) >= 11 is 0. The van der Waals surface area contributed by atoms with E-state index in [2.05, 4.69) is 15.2 Å². The van der Waals surface area contributed by atoms with Crippen LogP contribution >= 0.6 is 0 Å². The van der Waals surface area contributed by atoms with Crippen molar-refractivity contribution in [3.05, 3.63) is 23.9 Å². The van der Waals surface area contributed by atoms with Gasteiger partial charge in [0.05, 0.1) is 5.56 Å². The fraction of sp³-hybridized carbons (Fsp3) is 0.222. The van der Waals surface area contributed by atoms with E-state index in [4.69, 9.17) is 5.14 Å². The number of alkyl halides is 3. The van der Waals surface area contributed by atoms with Crippen molar-refractivity contribution in [2.45, 2.75) is 11.3 Å². The van der Waals surface area contributed by atoms with Crippen molar-refractivity contribution in [1.82, 2.24) is 19.7 Å². The Kier molecular flexibility index (Phi) is 3.26. The third-order valence-electron chi connectivity index (χ3n) is 2.41. The normalized spacial score (nSPS) is 12.7. The van der Waals surface area contributed by atoms with Gasteiger partial charge in [-0.3, -0.25) is 9.55 Å². The Morgan fingerprint density at radius 3 is 2.30 bits per heavy atom. The highest BCUT2D eigenvalue weighted by Gasteiger charge is 2.31. The molecule has 108 valence electrons. The first-order chi connectivity index (χ1) is 9.10. The van der Waals surface area contributed by atoms with E-state index in [1.807, 2.05) is 0 Å². The Labute approximate surface area is 111 Å². The zero-order valence-electron chi connectivity index (χ0n) is 9.96. The van der Waals surface area contributed by atoms with Gasteiger partial charge >= 0.3 is 6.18 Å². The first-order valence-corrected chi connectivity index (χ1v) is 6.61.